The molecule has 2 heterocycles. The number of sulfonamides is 1. The lowest BCUT2D eigenvalue weighted by Crippen LogP contribution is -2.55. The van der Waals surface area contributed by atoms with Crippen LogP contribution in [-0.2, 0) is 14.8 Å². The Labute approximate surface area is 123 Å². The number of hydrogen-bond donors (Lipinski definition) is 3. The fourth-order valence-electron chi connectivity index (χ4n) is 2.32. The zero-order chi connectivity index (χ0) is 15.7. The van der Waals surface area contributed by atoms with Gasteiger partial charge in [0.15, 0.2) is 0 Å². The average molecular weight is 316 g/mol. The van der Waals surface area contributed by atoms with Gasteiger partial charge in [0.1, 0.15) is 5.82 Å². The van der Waals surface area contributed by atoms with Crippen molar-refractivity contribution in [3.63, 3.8) is 0 Å². The maximum Gasteiger partial charge on any atom is 0.243 e. The molecule has 1 aromatic heterocycles. The van der Waals surface area contributed by atoms with Crippen LogP contribution < -0.4 is 11.3 Å². The number of rotatable bonds is 4. The highest BCUT2D eigenvalue weighted by atomic mass is 32.2. The summed E-state index contributed by atoms with van der Waals surface area (Å²) in [5.41, 5.74) is 1.65. The number of nitrogens with zero attached hydrogens (tertiary/aromatic N) is 2. The van der Waals surface area contributed by atoms with Gasteiger partial charge in [-0.15, -0.1) is 0 Å². The van der Waals surface area contributed by atoms with Crippen LogP contribution in [0.25, 0.3) is 0 Å². The summed E-state index contributed by atoms with van der Waals surface area (Å²) in [6.45, 7) is 3.66. The molecule has 0 aliphatic carbocycles. The zero-order valence-electron chi connectivity index (χ0n) is 12.0. The summed E-state index contributed by atoms with van der Waals surface area (Å²) in [4.78, 5) is 3.99. The number of aromatic nitrogens is 1. The van der Waals surface area contributed by atoms with Gasteiger partial charge in [0.05, 0.1) is 23.2 Å². The molecule has 1 unspecified atom stereocenters. The van der Waals surface area contributed by atoms with Crippen LogP contribution in [0.2, 0.25) is 0 Å². The number of aliphatic hydroxyl groups excluding tert-OH is 1. The molecule has 1 aliphatic heterocycles. The minimum absolute atomic E-state index is 0.0971. The lowest BCUT2D eigenvalue weighted by atomic mass is 10.1. The molecule has 0 radical (unpaired) electrons. The number of aliphatic hydroxyl groups is 1. The maximum atomic E-state index is 12.7. The lowest BCUT2D eigenvalue weighted by Gasteiger charge is -2.41. The van der Waals surface area contributed by atoms with E-state index < -0.39 is 21.7 Å². The fourth-order valence-corrected chi connectivity index (χ4v) is 3.95. The molecule has 1 aliphatic rings. The molecular formula is C12H20N4O4S. The zero-order valence-corrected chi connectivity index (χ0v) is 12.8. The fraction of sp³-hybridized carbons (Fsp3) is 0.583. The van der Waals surface area contributed by atoms with E-state index in [-0.39, 0.29) is 30.4 Å². The van der Waals surface area contributed by atoms with E-state index in [2.05, 4.69) is 10.4 Å². The number of nitrogens with one attached hydrogen (secondary N) is 1. The van der Waals surface area contributed by atoms with E-state index in [1.165, 1.54) is 22.6 Å². The highest BCUT2D eigenvalue weighted by molar-refractivity contribution is 7.89. The first-order chi connectivity index (χ1) is 9.78. The maximum absolute atomic E-state index is 12.7. The molecule has 1 saturated heterocycles. The van der Waals surface area contributed by atoms with Crippen LogP contribution in [0.1, 0.15) is 13.8 Å². The standard InChI is InChI=1S/C12H20N4O4S/c1-12(2)8-16(6-9(7-17)20-12)21(18,19)10-3-4-14-11(5-10)15-13/h3-5,9,17H,6-8,13H2,1-2H3,(H,14,15). The van der Waals surface area contributed by atoms with Crippen molar-refractivity contribution in [1.82, 2.24) is 9.29 Å². The molecule has 0 spiro atoms. The normalized spacial score (nSPS) is 23.0. The Hall–Kier alpha value is -1.26. The van der Waals surface area contributed by atoms with Gasteiger partial charge in [0, 0.05) is 25.4 Å². The quantitative estimate of drug-likeness (QED) is 0.507. The summed E-state index contributed by atoms with van der Waals surface area (Å²) in [7, 11) is -3.70. The second-order valence-corrected chi connectivity index (χ2v) is 7.44. The summed E-state index contributed by atoms with van der Waals surface area (Å²) in [5, 5.41) is 9.28. The first-order valence-corrected chi connectivity index (χ1v) is 7.94. The average Bonchev–Trinajstić information content (AvgIpc) is 2.45. The highest BCUT2D eigenvalue weighted by Gasteiger charge is 2.39. The molecule has 0 saturated carbocycles. The van der Waals surface area contributed by atoms with Gasteiger partial charge in [0.25, 0.3) is 0 Å². The molecule has 8 nitrogen and oxygen atoms in total. The Morgan fingerprint density at radius 3 is 2.95 bits per heavy atom. The van der Waals surface area contributed by atoms with Gasteiger partial charge in [-0.1, -0.05) is 0 Å². The van der Waals surface area contributed by atoms with Crippen molar-refractivity contribution in [2.75, 3.05) is 25.1 Å². The number of pyridine rings is 1. The highest BCUT2D eigenvalue weighted by Crippen LogP contribution is 2.26. The molecule has 0 aromatic carbocycles. The third kappa shape index (κ3) is 3.50. The molecule has 21 heavy (non-hydrogen) atoms. The predicted octanol–water partition coefficient (Wildman–Crippen LogP) is -0.472. The van der Waals surface area contributed by atoms with E-state index in [9.17, 15) is 13.5 Å². The Morgan fingerprint density at radius 2 is 2.33 bits per heavy atom. The van der Waals surface area contributed by atoms with Gasteiger partial charge in [-0.3, -0.25) is 0 Å². The minimum atomic E-state index is -3.70. The third-order valence-electron chi connectivity index (χ3n) is 3.17. The number of hydrogen-bond acceptors (Lipinski definition) is 7. The molecule has 2 rings (SSSR count). The van der Waals surface area contributed by atoms with Crippen molar-refractivity contribution < 1.29 is 18.3 Å². The number of morpholine rings is 1. The van der Waals surface area contributed by atoms with Gasteiger partial charge < -0.3 is 15.3 Å². The summed E-state index contributed by atoms with van der Waals surface area (Å²) in [6, 6.07) is 2.78. The van der Waals surface area contributed by atoms with Crippen molar-refractivity contribution in [3.8, 4) is 0 Å². The van der Waals surface area contributed by atoms with Crippen LogP contribution in [-0.4, -0.2) is 54.2 Å². The molecule has 0 amide bonds. The van der Waals surface area contributed by atoms with Crippen LogP contribution in [0.5, 0.6) is 0 Å². The Kier molecular flexibility index (Phi) is 4.49. The summed E-state index contributed by atoms with van der Waals surface area (Å²) in [5.74, 6) is 5.52. The monoisotopic (exact) mass is 316 g/mol. The topological polar surface area (TPSA) is 118 Å². The van der Waals surface area contributed by atoms with Crippen LogP contribution in [0, 0.1) is 0 Å². The molecule has 4 N–H and O–H groups in total. The van der Waals surface area contributed by atoms with Crippen molar-refractivity contribution in [1.29, 1.82) is 0 Å². The Balaban J connectivity index is 2.33. The Morgan fingerprint density at radius 1 is 1.62 bits per heavy atom. The second-order valence-electron chi connectivity index (χ2n) is 5.50. The largest absolute Gasteiger partial charge is 0.394 e. The number of nitrogens with two attached hydrogens (primary N) is 1. The van der Waals surface area contributed by atoms with Crippen molar-refractivity contribution >= 4 is 15.8 Å². The van der Waals surface area contributed by atoms with E-state index in [0.717, 1.165) is 0 Å². The van der Waals surface area contributed by atoms with Crippen molar-refractivity contribution in [3.05, 3.63) is 18.3 Å². The number of ether oxygens (including phenoxy) is 1. The van der Waals surface area contributed by atoms with Crippen LogP contribution in [0.15, 0.2) is 23.2 Å². The Bertz CT molecular complexity index is 605. The molecule has 118 valence electrons. The second kappa shape index (κ2) is 5.85. The van der Waals surface area contributed by atoms with E-state index in [1.807, 2.05) is 0 Å². The van der Waals surface area contributed by atoms with E-state index in [0.29, 0.717) is 0 Å². The molecule has 9 heteroatoms. The van der Waals surface area contributed by atoms with Gasteiger partial charge in [-0.05, 0) is 19.9 Å². The molecule has 0 bridgehead atoms. The minimum Gasteiger partial charge on any atom is -0.394 e. The van der Waals surface area contributed by atoms with Gasteiger partial charge >= 0.3 is 0 Å². The molecular weight excluding hydrogens is 296 g/mol. The molecule has 1 atom stereocenters. The van der Waals surface area contributed by atoms with E-state index in [4.69, 9.17) is 10.6 Å². The van der Waals surface area contributed by atoms with Crippen LogP contribution >= 0.6 is 0 Å². The van der Waals surface area contributed by atoms with Gasteiger partial charge in [0.2, 0.25) is 10.0 Å². The van der Waals surface area contributed by atoms with E-state index in [1.54, 1.807) is 13.8 Å². The summed E-state index contributed by atoms with van der Waals surface area (Å²) in [6.07, 6.45) is 0.828. The first-order valence-electron chi connectivity index (χ1n) is 6.50. The predicted molar refractivity (Wildman–Crippen MR) is 76.8 cm³/mol. The lowest BCUT2D eigenvalue weighted by molar-refractivity contribution is -0.131. The van der Waals surface area contributed by atoms with Crippen LogP contribution in [0.4, 0.5) is 5.82 Å². The van der Waals surface area contributed by atoms with E-state index >= 15 is 0 Å². The summed E-state index contributed by atoms with van der Waals surface area (Å²) >= 11 is 0. The number of anilines is 1. The van der Waals surface area contributed by atoms with Crippen molar-refractivity contribution in [2.45, 2.75) is 30.4 Å². The number of hydrazine groups is 1. The smallest absolute Gasteiger partial charge is 0.243 e. The SMILES string of the molecule is CC1(C)CN(S(=O)(=O)c2ccnc(NN)c2)CC(CO)O1. The molecule has 1 fully saturated rings. The van der Waals surface area contributed by atoms with Crippen LogP contribution in [0.3, 0.4) is 0 Å². The van der Waals surface area contributed by atoms with Gasteiger partial charge in [-0.2, -0.15) is 4.31 Å². The third-order valence-corrected chi connectivity index (χ3v) is 4.98. The molecule has 1 aromatic rings. The first kappa shape index (κ1) is 16.1. The van der Waals surface area contributed by atoms with Crippen molar-refractivity contribution in [2.24, 2.45) is 5.84 Å². The number of nitrogen functional groups attached to an aromatic ring is 1. The summed E-state index contributed by atoms with van der Waals surface area (Å²) < 4.78 is 32.3. The van der Waals surface area contributed by atoms with Gasteiger partial charge in [-0.25, -0.2) is 19.2 Å².